The number of rotatable bonds is 4. The minimum absolute atomic E-state index is 0.167. The number of fused-ring (bicyclic) bond motifs is 1. The topological polar surface area (TPSA) is 72.7 Å². The van der Waals surface area contributed by atoms with Gasteiger partial charge in [-0.25, -0.2) is 9.78 Å². The Hall–Kier alpha value is -2.64. The SMILES string of the molecule is CC(=O)Nc1ccc(OC(=O)/C=C/c2c(Cl)nc3sccn23)cc1. The average molecular weight is 362 g/mol. The first kappa shape index (κ1) is 16.2. The van der Waals surface area contributed by atoms with Gasteiger partial charge in [-0.05, 0) is 30.3 Å². The summed E-state index contributed by atoms with van der Waals surface area (Å²) in [4.78, 5) is 27.8. The largest absolute Gasteiger partial charge is 0.423 e. The van der Waals surface area contributed by atoms with Crippen molar-refractivity contribution in [3.63, 3.8) is 0 Å². The van der Waals surface area contributed by atoms with E-state index in [0.717, 1.165) is 4.96 Å². The van der Waals surface area contributed by atoms with E-state index in [2.05, 4.69) is 10.3 Å². The van der Waals surface area contributed by atoms with Crippen LogP contribution in [0.2, 0.25) is 5.15 Å². The maximum absolute atomic E-state index is 11.9. The molecule has 0 radical (unpaired) electrons. The zero-order chi connectivity index (χ0) is 17.1. The number of amides is 1. The van der Waals surface area contributed by atoms with Gasteiger partial charge in [-0.2, -0.15) is 0 Å². The van der Waals surface area contributed by atoms with Crippen LogP contribution in [0.3, 0.4) is 0 Å². The molecule has 2 heterocycles. The molecule has 2 aromatic heterocycles. The van der Waals surface area contributed by atoms with Gasteiger partial charge in [0, 0.05) is 30.3 Å². The number of esters is 1. The van der Waals surface area contributed by atoms with Crippen molar-refractivity contribution >= 4 is 51.5 Å². The molecule has 3 aromatic rings. The molecule has 1 amide bonds. The van der Waals surface area contributed by atoms with E-state index in [1.807, 2.05) is 11.6 Å². The quantitative estimate of drug-likeness (QED) is 0.437. The van der Waals surface area contributed by atoms with Crippen molar-refractivity contribution in [1.82, 2.24) is 9.38 Å². The molecule has 0 saturated carbocycles. The molecule has 3 rings (SSSR count). The van der Waals surface area contributed by atoms with Crippen LogP contribution < -0.4 is 10.1 Å². The highest BCUT2D eigenvalue weighted by atomic mass is 35.5. The Bertz CT molecular complexity index is 928. The van der Waals surface area contributed by atoms with Gasteiger partial charge < -0.3 is 10.1 Å². The lowest BCUT2D eigenvalue weighted by molar-refractivity contribution is -0.128. The Morgan fingerprint density at radius 3 is 2.79 bits per heavy atom. The lowest BCUT2D eigenvalue weighted by Crippen LogP contribution is -2.06. The van der Waals surface area contributed by atoms with Crippen LogP contribution >= 0.6 is 22.9 Å². The van der Waals surface area contributed by atoms with Gasteiger partial charge in [-0.1, -0.05) is 11.6 Å². The number of benzene rings is 1. The number of hydrogen-bond donors (Lipinski definition) is 1. The van der Waals surface area contributed by atoms with E-state index in [-0.39, 0.29) is 5.91 Å². The third kappa shape index (κ3) is 3.64. The Morgan fingerprint density at radius 1 is 1.33 bits per heavy atom. The van der Waals surface area contributed by atoms with Gasteiger partial charge in [-0.3, -0.25) is 9.20 Å². The molecule has 0 spiro atoms. The fourth-order valence-corrected chi connectivity index (χ4v) is 3.04. The predicted molar refractivity (Wildman–Crippen MR) is 93.5 cm³/mol. The van der Waals surface area contributed by atoms with Crippen LogP contribution in [0.4, 0.5) is 5.69 Å². The molecule has 0 atom stereocenters. The van der Waals surface area contributed by atoms with Gasteiger partial charge in [0.25, 0.3) is 0 Å². The number of hydrogen-bond acceptors (Lipinski definition) is 5. The number of aromatic nitrogens is 2. The molecule has 24 heavy (non-hydrogen) atoms. The van der Waals surface area contributed by atoms with Crippen LogP contribution in [0.15, 0.2) is 41.9 Å². The molecule has 6 nitrogen and oxygen atoms in total. The number of carbonyl (C=O) groups excluding carboxylic acids is 2. The van der Waals surface area contributed by atoms with E-state index in [1.54, 1.807) is 34.7 Å². The maximum Gasteiger partial charge on any atom is 0.336 e. The molecular formula is C16H12ClN3O3S. The molecule has 1 N–H and O–H groups in total. The monoisotopic (exact) mass is 361 g/mol. The van der Waals surface area contributed by atoms with E-state index in [0.29, 0.717) is 22.3 Å². The number of thiazole rings is 1. The normalized spacial score (nSPS) is 11.1. The van der Waals surface area contributed by atoms with E-state index in [1.165, 1.54) is 24.3 Å². The zero-order valence-corrected chi connectivity index (χ0v) is 14.1. The van der Waals surface area contributed by atoms with Gasteiger partial charge in [0.05, 0.1) is 5.69 Å². The number of nitrogens with one attached hydrogen (secondary N) is 1. The summed E-state index contributed by atoms with van der Waals surface area (Å²) in [5.74, 6) is -0.331. The summed E-state index contributed by atoms with van der Waals surface area (Å²) in [5.41, 5.74) is 1.25. The minimum Gasteiger partial charge on any atom is -0.423 e. The number of anilines is 1. The van der Waals surface area contributed by atoms with Crippen molar-refractivity contribution in [2.75, 3.05) is 5.32 Å². The second kappa shape index (κ2) is 6.86. The number of halogens is 1. The van der Waals surface area contributed by atoms with Crippen LogP contribution in [0.1, 0.15) is 12.6 Å². The molecule has 0 unspecified atom stereocenters. The Kier molecular flexibility index (Phi) is 4.64. The van der Waals surface area contributed by atoms with E-state index >= 15 is 0 Å². The number of nitrogens with zero attached hydrogens (tertiary/aromatic N) is 2. The predicted octanol–water partition coefficient (Wildman–Crippen LogP) is 3.63. The average Bonchev–Trinajstić information content (AvgIpc) is 3.07. The van der Waals surface area contributed by atoms with E-state index in [4.69, 9.17) is 16.3 Å². The van der Waals surface area contributed by atoms with E-state index < -0.39 is 5.97 Å². The van der Waals surface area contributed by atoms with Crippen molar-refractivity contribution in [3.05, 3.63) is 52.8 Å². The van der Waals surface area contributed by atoms with Crippen LogP contribution in [0, 0.1) is 0 Å². The van der Waals surface area contributed by atoms with Crippen molar-refractivity contribution < 1.29 is 14.3 Å². The Morgan fingerprint density at radius 2 is 2.08 bits per heavy atom. The first-order chi connectivity index (χ1) is 11.5. The third-order valence-electron chi connectivity index (χ3n) is 3.02. The molecule has 0 fully saturated rings. The second-order valence-corrected chi connectivity index (χ2v) is 6.03. The summed E-state index contributed by atoms with van der Waals surface area (Å²) in [6.07, 6.45) is 4.67. The van der Waals surface area contributed by atoms with Crippen molar-refractivity contribution in [2.45, 2.75) is 6.92 Å². The van der Waals surface area contributed by atoms with Crippen molar-refractivity contribution in [1.29, 1.82) is 0 Å². The van der Waals surface area contributed by atoms with Crippen LogP contribution in [0.5, 0.6) is 5.75 Å². The fourth-order valence-electron chi connectivity index (χ4n) is 2.03. The molecule has 8 heteroatoms. The zero-order valence-electron chi connectivity index (χ0n) is 12.5. The fraction of sp³-hybridized carbons (Fsp3) is 0.0625. The van der Waals surface area contributed by atoms with Crippen molar-refractivity contribution in [3.8, 4) is 5.75 Å². The summed E-state index contributed by atoms with van der Waals surface area (Å²) < 4.78 is 6.99. The van der Waals surface area contributed by atoms with Gasteiger partial charge in [0.2, 0.25) is 5.91 Å². The van der Waals surface area contributed by atoms with Gasteiger partial charge in [-0.15, -0.1) is 11.3 Å². The summed E-state index contributed by atoms with van der Waals surface area (Å²) in [6, 6.07) is 6.49. The van der Waals surface area contributed by atoms with Crippen LogP contribution in [0.25, 0.3) is 11.0 Å². The summed E-state index contributed by atoms with van der Waals surface area (Å²) in [6.45, 7) is 1.42. The minimum atomic E-state index is -0.538. The standard InChI is InChI=1S/C16H12ClN3O3S/c1-10(21)18-11-2-4-12(5-3-11)23-14(22)7-6-13-15(17)19-16-20(13)8-9-24-16/h2-9H,1H3,(H,18,21)/b7-6+. The molecule has 0 aliphatic carbocycles. The first-order valence-electron chi connectivity index (χ1n) is 6.91. The highest BCUT2D eigenvalue weighted by molar-refractivity contribution is 7.15. The number of imidazole rings is 1. The van der Waals surface area contributed by atoms with Crippen LogP contribution in [-0.4, -0.2) is 21.3 Å². The molecule has 122 valence electrons. The molecule has 1 aromatic carbocycles. The lowest BCUT2D eigenvalue weighted by atomic mass is 10.3. The summed E-state index contributed by atoms with van der Waals surface area (Å²) in [7, 11) is 0. The lowest BCUT2D eigenvalue weighted by Gasteiger charge is -2.04. The summed E-state index contributed by atoms with van der Waals surface area (Å²) >= 11 is 7.50. The Balaban J connectivity index is 1.68. The van der Waals surface area contributed by atoms with Crippen LogP contribution in [-0.2, 0) is 9.59 Å². The highest BCUT2D eigenvalue weighted by Gasteiger charge is 2.09. The Labute approximate surface area is 146 Å². The molecule has 0 saturated heterocycles. The van der Waals surface area contributed by atoms with Gasteiger partial charge >= 0.3 is 5.97 Å². The highest BCUT2D eigenvalue weighted by Crippen LogP contribution is 2.22. The van der Waals surface area contributed by atoms with Gasteiger partial charge in [0.1, 0.15) is 5.75 Å². The second-order valence-electron chi connectivity index (χ2n) is 4.80. The molecule has 0 bridgehead atoms. The molecular weight excluding hydrogens is 350 g/mol. The number of carbonyl (C=O) groups is 2. The third-order valence-corrected chi connectivity index (χ3v) is 4.06. The smallest absolute Gasteiger partial charge is 0.336 e. The summed E-state index contributed by atoms with van der Waals surface area (Å²) in [5, 5.41) is 4.84. The van der Waals surface area contributed by atoms with E-state index in [9.17, 15) is 9.59 Å². The first-order valence-corrected chi connectivity index (χ1v) is 8.17. The van der Waals surface area contributed by atoms with Gasteiger partial charge in [0.15, 0.2) is 10.1 Å². The molecule has 0 aliphatic heterocycles. The molecule has 0 aliphatic rings. The maximum atomic E-state index is 11.9. The number of ether oxygens (including phenoxy) is 1. The van der Waals surface area contributed by atoms with Crippen molar-refractivity contribution in [2.24, 2.45) is 0 Å².